The molecule has 0 radical (unpaired) electrons. The third-order valence-electron chi connectivity index (χ3n) is 3.70. The number of methoxy groups -OCH3 is 1. The lowest BCUT2D eigenvalue weighted by molar-refractivity contribution is -0.116. The van der Waals surface area contributed by atoms with Gasteiger partial charge in [0.25, 0.3) is 0 Å². The summed E-state index contributed by atoms with van der Waals surface area (Å²) in [7, 11) is 1.62. The zero-order valence-electron chi connectivity index (χ0n) is 13.9. The maximum Gasteiger partial charge on any atom is 0.244 e. The van der Waals surface area contributed by atoms with Crippen LogP contribution in [0.4, 0.5) is 0 Å². The number of benzene rings is 2. The largest absolute Gasteiger partial charge is 0.496 e. The van der Waals surface area contributed by atoms with E-state index in [1.165, 1.54) is 6.08 Å². The summed E-state index contributed by atoms with van der Waals surface area (Å²) in [6, 6.07) is 17.4. The molecule has 0 aliphatic rings. The second-order valence-corrected chi connectivity index (χ2v) is 5.42. The highest BCUT2D eigenvalue weighted by Gasteiger charge is 2.03. The number of rotatable bonds is 6. The molecule has 1 heterocycles. The van der Waals surface area contributed by atoms with Gasteiger partial charge >= 0.3 is 0 Å². The molecule has 0 saturated heterocycles. The molecule has 0 bridgehead atoms. The van der Waals surface area contributed by atoms with Crippen LogP contribution < -0.4 is 10.1 Å². The number of aromatic nitrogens is 2. The van der Waals surface area contributed by atoms with Crippen LogP contribution in [0.1, 0.15) is 11.1 Å². The van der Waals surface area contributed by atoms with E-state index in [-0.39, 0.29) is 5.91 Å². The number of carbonyl (C=O) groups is 1. The Morgan fingerprint density at radius 3 is 2.72 bits per heavy atom. The molecular weight excluding hydrogens is 314 g/mol. The molecule has 126 valence electrons. The zero-order chi connectivity index (χ0) is 17.5. The number of hydrogen-bond acceptors (Lipinski definition) is 3. The molecule has 5 heteroatoms. The minimum atomic E-state index is -0.168. The summed E-state index contributed by atoms with van der Waals surface area (Å²) in [6.45, 7) is 0.413. The van der Waals surface area contributed by atoms with Crippen LogP contribution in [-0.2, 0) is 11.3 Å². The first kappa shape index (κ1) is 16.5. The molecule has 5 nitrogen and oxygen atoms in total. The van der Waals surface area contributed by atoms with E-state index in [0.29, 0.717) is 6.54 Å². The molecule has 25 heavy (non-hydrogen) atoms. The predicted molar refractivity (Wildman–Crippen MR) is 97.4 cm³/mol. The van der Waals surface area contributed by atoms with Gasteiger partial charge in [0.15, 0.2) is 0 Å². The van der Waals surface area contributed by atoms with E-state index in [1.807, 2.05) is 60.8 Å². The van der Waals surface area contributed by atoms with Gasteiger partial charge in [-0.05, 0) is 24.3 Å². The number of ether oxygens (including phenoxy) is 1. The van der Waals surface area contributed by atoms with Crippen molar-refractivity contribution in [2.75, 3.05) is 7.11 Å². The second-order valence-electron chi connectivity index (χ2n) is 5.42. The molecule has 0 atom stereocenters. The Hall–Kier alpha value is -3.34. The van der Waals surface area contributed by atoms with Gasteiger partial charge < -0.3 is 10.1 Å². The first-order chi connectivity index (χ1) is 12.3. The van der Waals surface area contributed by atoms with Gasteiger partial charge in [0.05, 0.1) is 19.0 Å². The number of hydrogen-bond donors (Lipinski definition) is 1. The summed E-state index contributed by atoms with van der Waals surface area (Å²) in [5.41, 5.74) is 2.77. The first-order valence-corrected chi connectivity index (χ1v) is 7.94. The van der Waals surface area contributed by atoms with Crippen molar-refractivity contribution in [3.63, 3.8) is 0 Å². The van der Waals surface area contributed by atoms with E-state index in [1.54, 1.807) is 24.1 Å². The van der Waals surface area contributed by atoms with Crippen LogP contribution in [0.3, 0.4) is 0 Å². The summed E-state index contributed by atoms with van der Waals surface area (Å²) in [5.74, 6) is 0.592. The Morgan fingerprint density at radius 1 is 1.16 bits per heavy atom. The third kappa shape index (κ3) is 4.35. The molecule has 0 saturated carbocycles. The first-order valence-electron chi connectivity index (χ1n) is 7.94. The van der Waals surface area contributed by atoms with Crippen LogP contribution in [-0.4, -0.2) is 22.8 Å². The molecule has 3 rings (SSSR count). The molecule has 1 aromatic heterocycles. The van der Waals surface area contributed by atoms with Gasteiger partial charge in [-0.1, -0.05) is 36.4 Å². The Morgan fingerprint density at radius 2 is 1.92 bits per heavy atom. The fraction of sp³-hybridized carbons (Fsp3) is 0.100. The maximum absolute atomic E-state index is 12.0. The average Bonchev–Trinajstić information content (AvgIpc) is 3.14. The number of amides is 1. The summed E-state index contributed by atoms with van der Waals surface area (Å²) in [5, 5.41) is 7.15. The van der Waals surface area contributed by atoms with Crippen LogP contribution >= 0.6 is 0 Å². The van der Waals surface area contributed by atoms with E-state index in [4.69, 9.17) is 4.74 Å². The van der Waals surface area contributed by atoms with Gasteiger partial charge in [-0.15, -0.1) is 0 Å². The van der Waals surface area contributed by atoms with Crippen LogP contribution in [0.15, 0.2) is 73.1 Å². The molecule has 1 N–H and O–H groups in total. The van der Waals surface area contributed by atoms with Crippen LogP contribution in [0.25, 0.3) is 11.8 Å². The highest BCUT2D eigenvalue weighted by atomic mass is 16.5. The summed E-state index contributed by atoms with van der Waals surface area (Å²) < 4.78 is 7.04. The Kier molecular flexibility index (Phi) is 5.26. The van der Waals surface area contributed by atoms with E-state index in [0.717, 1.165) is 22.6 Å². The highest BCUT2D eigenvalue weighted by Crippen LogP contribution is 2.16. The second kappa shape index (κ2) is 7.97. The maximum atomic E-state index is 12.0. The van der Waals surface area contributed by atoms with E-state index in [9.17, 15) is 4.79 Å². The van der Waals surface area contributed by atoms with Crippen molar-refractivity contribution in [3.05, 3.63) is 84.2 Å². The van der Waals surface area contributed by atoms with Crippen molar-refractivity contribution in [2.24, 2.45) is 0 Å². The zero-order valence-corrected chi connectivity index (χ0v) is 13.9. The molecule has 0 aliphatic heterocycles. The molecule has 0 unspecified atom stereocenters. The Balaban J connectivity index is 1.59. The minimum Gasteiger partial charge on any atom is -0.496 e. The number of nitrogens with zero attached hydrogens (tertiary/aromatic N) is 2. The number of carbonyl (C=O) groups excluding carboxylic acids is 1. The molecule has 0 fully saturated rings. The summed E-state index contributed by atoms with van der Waals surface area (Å²) in [6.07, 6.45) is 6.84. The van der Waals surface area contributed by atoms with Gasteiger partial charge in [0.1, 0.15) is 5.75 Å². The van der Waals surface area contributed by atoms with E-state index in [2.05, 4.69) is 10.4 Å². The highest BCUT2D eigenvalue weighted by molar-refractivity contribution is 5.91. The van der Waals surface area contributed by atoms with Crippen LogP contribution in [0, 0.1) is 0 Å². The lowest BCUT2D eigenvalue weighted by Crippen LogP contribution is -2.20. The molecular formula is C20H19N3O2. The minimum absolute atomic E-state index is 0.168. The monoisotopic (exact) mass is 333 g/mol. The molecule has 0 aliphatic carbocycles. The normalized spacial score (nSPS) is 10.8. The Bertz CT molecular complexity index is 869. The van der Waals surface area contributed by atoms with Gasteiger partial charge in [-0.3, -0.25) is 4.79 Å². The fourth-order valence-electron chi connectivity index (χ4n) is 2.41. The van der Waals surface area contributed by atoms with Crippen molar-refractivity contribution >= 4 is 12.0 Å². The SMILES string of the molecule is COc1ccccc1CNC(=O)/C=C/c1cnn(-c2ccccc2)c1. The predicted octanol–water partition coefficient (Wildman–Crippen LogP) is 3.21. The standard InChI is InChI=1S/C20H19N3O2/c1-25-19-10-6-5-7-17(19)14-21-20(24)12-11-16-13-22-23(15-16)18-8-3-2-4-9-18/h2-13,15H,14H2,1H3,(H,21,24)/b12-11+. The Labute approximate surface area is 146 Å². The lowest BCUT2D eigenvalue weighted by Gasteiger charge is -2.08. The van der Waals surface area contributed by atoms with E-state index < -0.39 is 0 Å². The third-order valence-corrected chi connectivity index (χ3v) is 3.70. The van der Waals surface area contributed by atoms with Gasteiger partial charge in [-0.25, -0.2) is 4.68 Å². The quantitative estimate of drug-likeness (QED) is 0.705. The van der Waals surface area contributed by atoms with Crippen molar-refractivity contribution < 1.29 is 9.53 Å². The topological polar surface area (TPSA) is 56.1 Å². The van der Waals surface area contributed by atoms with Crippen molar-refractivity contribution in [1.82, 2.24) is 15.1 Å². The van der Waals surface area contributed by atoms with Crippen molar-refractivity contribution in [2.45, 2.75) is 6.54 Å². The van der Waals surface area contributed by atoms with Crippen LogP contribution in [0.2, 0.25) is 0 Å². The van der Waals surface area contributed by atoms with Gasteiger partial charge in [-0.2, -0.15) is 5.10 Å². The van der Waals surface area contributed by atoms with Crippen molar-refractivity contribution in [1.29, 1.82) is 0 Å². The van der Waals surface area contributed by atoms with Gasteiger partial charge in [0.2, 0.25) is 5.91 Å². The molecule has 0 spiro atoms. The fourth-order valence-corrected chi connectivity index (χ4v) is 2.41. The number of nitrogens with one attached hydrogen (secondary N) is 1. The molecule has 1 amide bonds. The average molecular weight is 333 g/mol. The van der Waals surface area contributed by atoms with Crippen LogP contribution in [0.5, 0.6) is 5.75 Å². The lowest BCUT2D eigenvalue weighted by atomic mass is 10.2. The summed E-state index contributed by atoms with van der Waals surface area (Å²) >= 11 is 0. The van der Waals surface area contributed by atoms with E-state index >= 15 is 0 Å². The van der Waals surface area contributed by atoms with Crippen molar-refractivity contribution in [3.8, 4) is 11.4 Å². The summed E-state index contributed by atoms with van der Waals surface area (Å²) in [4.78, 5) is 12.0. The number of para-hydroxylation sites is 2. The van der Waals surface area contributed by atoms with Gasteiger partial charge in [0, 0.05) is 29.9 Å². The molecule has 2 aromatic carbocycles. The smallest absolute Gasteiger partial charge is 0.244 e. The molecule has 3 aromatic rings.